The Bertz CT molecular complexity index is 902. The van der Waals surface area contributed by atoms with Crippen molar-refractivity contribution in [3.8, 4) is 11.5 Å². The number of likely N-dealkylation sites (tertiary alicyclic amines) is 1. The summed E-state index contributed by atoms with van der Waals surface area (Å²) in [6.07, 6.45) is 2.41. The maximum Gasteiger partial charge on any atom is 0.241 e. The minimum absolute atomic E-state index is 0.0348. The van der Waals surface area contributed by atoms with Crippen molar-refractivity contribution in [1.82, 2.24) is 10.2 Å². The molecule has 0 saturated carbocycles. The van der Waals surface area contributed by atoms with Crippen LogP contribution in [0.3, 0.4) is 0 Å². The number of anilines is 1. The molecule has 31 heavy (non-hydrogen) atoms. The van der Waals surface area contributed by atoms with Gasteiger partial charge in [0.15, 0.2) is 11.5 Å². The summed E-state index contributed by atoms with van der Waals surface area (Å²) in [7, 11) is 0. The quantitative estimate of drug-likeness (QED) is 0.712. The van der Waals surface area contributed by atoms with Crippen LogP contribution in [0.25, 0.3) is 0 Å². The highest BCUT2D eigenvalue weighted by Crippen LogP contribution is 2.34. The molecule has 166 valence electrons. The number of nitrogens with zero attached hydrogens (tertiary/aromatic N) is 2. The van der Waals surface area contributed by atoms with Crippen LogP contribution in [-0.2, 0) is 16.1 Å². The van der Waals surface area contributed by atoms with Crippen molar-refractivity contribution in [1.29, 1.82) is 0 Å². The Morgan fingerprint density at radius 1 is 1.23 bits per heavy atom. The average molecular weight is 444 g/mol. The normalized spacial score (nSPS) is 18.4. The molecule has 2 amide bonds. The largest absolute Gasteiger partial charge is 0.486 e. The average Bonchev–Trinajstić information content (AvgIpc) is 3.30. The van der Waals surface area contributed by atoms with Gasteiger partial charge >= 0.3 is 0 Å². The number of amides is 2. The van der Waals surface area contributed by atoms with Crippen LogP contribution < -0.4 is 19.7 Å². The van der Waals surface area contributed by atoms with Gasteiger partial charge in [0.25, 0.3) is 0 Å². The minimum Gasteiger partial charge on any atom is -0.486 e. The molecule has 7 nitrogen and oxygen atoms in total. The van der Waals surface area contributed by atoms with Crippen LogP contribution in [-0.4, -0.2) is 55.6 Å². The smallest absolute Gasteiger partial charge is 0.241 e. The number of rotatable bonds is 7. The molecule has 2 aliphatic rings. The molecule has 1 saturated heterocycles. The number of hydrogen-bond donors (Lipinski definition) is 1. The molecule has 0 radical (unpaired) electrons. The Labute approximate surface area is 186 Å². The number of carbonyl (C=O) groups excluding carboxylic acids is 2. The van der Waals surface area contributed by atoms with Gasteiger partial charge in [-0.15, -0.1) is 11.3 Å². The summed E-state index contributed by atoms with van der Waals surface area (Å²) >= 11 is 1.64. The molecule has 1 atom stereocenters. The maximum absolute atomic E-state index is 13.4. The Morgan fingerprint density at radius 2 is 2.06 bits per heavy atom. The predicted octanol–water partition coefficient (Wildman–Crippen LogP) is 3.04. The maximum atomic E-state index is 13.4. The fourth-order valence-corrected chi connectivity index (χ4v) is 4.70. The van der Waals surface area contributed by atoms with Gasteiger partial charge in [-0.25, -0.2) is 0 Å². The summed E-state index contributed by atoms with van der Waals surface area (Å²) in [6.45, 7) is 5.29. The molecule has 3 heterocycles. The Morgan fingerprint density at radius 3 is 2.84 bits per heavy atom. The first-order chi connectivity index (χ1) is 15.1. The van der Waals surface area contributed by atoms with Crippen molar-refractivity contribution in [2.24, 2.45) is 0 Å². The molecular weight excluding hydrogens is 414 g/mol. The predicted molar refractivity (Wildman–Crippen MR) is 121 cm³/mol. The number of benzene rings is 1. The fraction of sp³-hybridized carbons (Fsp3) is 0.478. The van der Waals surface area contributed by atoms with Gasteiger partial charge in [-0.2, -0.15) is 0 Å². The zero-order valence-electron chi connectivity index (χ0n) is 17.8. The Kier molecular flexibility index (Phi) is 7.09. The monoisotopic (exact) mass is 443 g/mol. The van der Waals surface area contributed by atoms with Gasteiger partial charge in [0, 0.05) is 35.6 Å². The second kappa shape index (κ2) is 10.2. The van der Waals surface area contributed by atoms with E-state index in [2.05, 4.69) is 10.2 Å². The molecule has 0 spiro atoms. The lowest BCUT2D eigenvalue weighted by molar-refractivity contribution is -0.122. The number of thiophene rings is 1. The molecule has 1 aromatic carbocycles. The van der Waals surface area contributed by atoms with Crippen molar-refractivity contribution < 1.29 is 19.1 Å². The zero-order chi connectivity index (χ0) is 21.6. The Hall–Kier alpha value is -2.58. The van der Waals surface area contributed by atoms with Gasteiger partial charge in [-0.3, -0.25) is 14.5 Å². The number of ether oxygens (including phenoxy) is 2. The van der Waals surface area contributed by atoms with Gasteiger partial charge in [-0.1, -0.05) is 13.0 Å². The molecule has 0 aliphatic carbocycles. The molecule has 4 rings (SSSR count). The van der Waals surface area contributed by atoms with Crippen molar-refractivity contribution in [3.63, 3.8) is 0 Å². The van der Waals surface area contributed by atoms with Crippen molar-refractivity contribution in [2.75, 3.05) is 37.7 Å². The van der Waals surface area contributed by atoms with E-state index in [1.807, 2.05) is 47.5 Å². The van der Waals surface area contributed by atoms with E-state index in [0.717, 1.165) is 30.0 Å². The first-order valence-electron chi connectivity index (χ1n) is 10.9. The molecule has 2 aliphatic heterocycles. The van der Waals surface area contributed by atoms with Crippen LogP contribution in [0.2, 0.25) is 0 Å². The molecule has 0 bridgehead atoms. The van der Waals surface area contributed by atoms with Gasteiger partial charge < -0.3 is 19.7 Å². The molecule has 1 aromatic heterocycles. The molecule has 2 aromatic rings. The van der Waals surface area contributed by atoms with Gasteiger partial charge in [-0.05, 0) is 43.0 Å². The summed E-state index contributed by atoms with van der Waals surface area (Å²) in [4.78, 5) is 30.3. The highest BCUT2D eigenvalue weighted by molar-refractivity contribution is 7.09. The first-order valence-corrected chi connectivity index (χ1v) is 11.7. The summed E-state index contributed by atoms with van der Waals surface area (Å²) in [5.41, 5.74) is 0.801. The lowest BCUT2D eigenvalue weighted by Gasteiger charge is -2.34. The summed E-state index contributed by atoms with van der Waals surface area (Å²) in [5, 5.41) is 5.09. The van der Waals surface area contributed by atoms with E-state index < -0.39 is 0 Å². The fourth-order valence-electron chi connectivity index (χ4n) is 4.01. The Balaban J connectivity index is 1.48. The molecular formula is C23H29N3O4S. The summed E-state index contributed by atoms with van der Waals surface area (Å²) < 4.78 is 11.4. The second-order valence-corrected chi connectivity index (χ2v) is 8.91. The number of nitrogens with one attached hydrogen (secondary N) is 1. The highest BCUT2D eigenvalue weighted by atomic mass is 32.1. The van der Waals surface area contributed by atoms with E-state index in [1.54, 1.807) is 11.3 Å². The number of hydrogen-bond acceptors (Lipinski definition) is 6. The van der Waals surface area contributed by atoms with Crippen LogP contribution in [0.1, 0.15) is 31.1 Å². The first kappa shape index (κ1) is 21.6. The van der Waals surface area contributed by atoms with Crippen LogP contribution in [0.15, 0.2) is 35.7 Å². The van der Waals surface area contributed by atoms with E-state index in [1.165, 1.54) is 0 Å². The van der Waals surface area contributed by atoms with Crippen molar-refractivity contribution in [3.05, 3.63) is 40.6 Å². The van der Waals surface area contributed by atoms with Crippen LogP contribution in [0.4, 0.5) is 5.69 Å². The van der Waals surface area contributed by atoms with Crippen LogP contribution >= 0.6 is 11.3 Å². The third-order valence-electron chi connectivity index (χ3n) is 5.58. The van der Waals surface area contributed by atoms with Crippen LogP contribution in [0, 0.1) is 0 Å². The lowest BCUT2D eigenvalue weighted by atomic mass is 10.1. The number of fused-ring (bicyclic) bond motifs is 1. The van der Waals surface area contributed by atoms with Crippen molar-refractivity contribution >= 4 is 28.8 Å². The zero-order valence-corrected chi connectivity index (χ0v) is 18.7. The third kappa shape index (κ3) is 5.57. The van der Waals surface area contributed by atoms with E-state index in [9.17, 15) is 9.59 Å². The molecule has 1 N–H and O–H groups in total. The SMILES string of the molecule is CCC(=O)NC1CCCN(CC(=O)N(Cc2cccs2)c2ccc3c(c2)OCCO3)C1. The van der Waals surface area contributed by atoms with E-state index in [4.69, 9.17) is 9.47 Å². The van der Waals surface area contributed by atoms with Gasteiger partial charge in [0.1, 0.15) is 13.2 Å². The summed E-state index contributed by atoms with van der Waals surface area (Å²) in [6, 6.07) is 9.82. The lowest BCUT2D eigenvalue weighted by Crippen LogP contribution is -2.50. The molecule has 1 fully saturated rings. The molecule has 1 unspecified atom stereocenters. The van der Waals surface area contributed by atoms with Gasteiger partial charge in [0.05, 0.1) is 13.1 Å². The number of carbonyl (C=O) groups is 2. The minimum atomic E-state index is 0.0348. The standard InChI is InChI=1S/C23H29N3O4S/c1-2-22(27)24-17-5-3-9-25(14-17)16-23(28)26(15-19-6-4-12-31-19)18-7-8-20-21(13-18)30-11-10-29-20/h4,6-8,12-13,17H,2-3,5,9-11,14-16H2,1H3,(H,24,27). The second-order valence-electron chi connectivity index (χ2n) is 7.88. The topological polar surface area (TPSA) is 71.1 Å². The number of piperidine rings is 1. The van der Waals surface area contributed by atoms with E-state index in [0.29, 0.717) is 50.8 Å². The summed E-state index contributed by atoms with van der Waals surface area (Å²) in [5.74, 6) is 1.48. The van der Waals surface area contributed by atoms with Crippen molar-refractivity contribution in [2.45, 2.75) is 38.8 Å². The van der Waals surface area contributed by atoms with Gasteiger partial charge in [0.2, 0.25) is 11.8 Å². The van der Waals surface area contributed by atoms with Crippen LogP contribution in [0.5, 0.6) is 11.5 Å². The highest BCUT2D eigenvalue weighted by Gasteiger charge is 2.26. The third-order valence-corrected chi connectivity index (χ3v) is 6.44. The molecule has 8 heteroatoms. The van der Waals surface area contributed by atoms with E-state index in [-0.39, 0.29) is 17.9 Å². The van der Waals surface area contributed by atoms with E-state index >= 15 is 0 Å².